The number of hydrogen-bond donors (Lipinski definition) is 1. The monoisotopic (exact) mass is 410 g/mol. The van der Waals surface area contributed by atoms with E-state index in [1.54, 1.807) is 29.2 Å². The van der Waals surface area contributed by atoms with Gasteiger partial charge in [0.05, 0.1) is 10.7 Å². The minimum absolute atomic E-state index is 0.170. The Morgan fingerprint density at radius 1 is 0.964 bits per heavy atom. The zero-order chi connectivity index (χ0) is 19.7. The van der Waals surface area contributed by atoms with Crippen molar-refractivity contribution in [3.63, 3.8) is 0 Å². The summed E-state index contributed by atoms with van der Waals surface area (Å²) >= 11 is 12.2. The lowest BCUT2D eigenvalue weighted by atomic mass is 10.0. The molecule has 1 heterocycles. The molecule has 4 rings (SSSR count). The molecule has 3 aromatic rings. The molecule has 0 fully saturated rings. The Morgan fingerprint density at radius 3 is 2.43 bits per heavy atom. The van der Waals surface area contributed by atoms with E-state index in [0.717, 1.165) is 11.1 Å². The maximum absolute atomic E-state index is 13.3. The number of rotatable bonds is 4. The molecule has 0 saturated heterocycles. The third kappa shape index (κ3) is 3.49. The zero-order valence-electron chi connectivity index (χ0n) is 14.7. The van der Waals surface area contributed by atoms with Gasteiger partial charge in [0, 0.05) is 17.1 Å². The van der Waals surface area contributed by atoms with Gasteiger partial charge in [0.1, 0.15) is 6.04 Å². The number of benzene rings is 3. The second-order valence-corrected chi connectivity index (χ2v) is 7.36. The van der Waals surface area contributed by atoms with Crippen molar-refractivity contribution in [2.75, 3.05) is 5.32 Å². The maximum Gasteiger partial charge on any atom is 0.255 e. The number of carbonyl (C=O) groups excluding carboxylic acids is 2. The standard InChI is InChI=1S/C22H16Cl2N2O2/c23-16-10-11-18(24)19(12-16)25-21(27)20(14-6-2-1-3-7-14)26-13-15-8-4-5-9-17(15)22(26)28/h1-12,20H,13H2,(H,25,27). The molecule has 1 aliphatic rings. The van der Waals surface area contributed by atoms with Crippen molar-refractivity contribution in [1.82, 2.24) is 4.90 Å². The van der Waals surface area contributed by atoms with Gasteiger partial charge in [-0.3, -0.25) is 9.59 Å². The van der Waals surface area contributed by atoms with Gasteiger partial charge in [-0.25, -0.2) is 0 Å². The van der Waals surface area contributed by atoms with Crippen molar-refractivity contribution >= 4 is 40.7 Å². The highest BCUT2D eigenvalue weighted by atomic mass is 35.5. The smallest absolute Gasteiger partial charge is 0.255 e. The molecular weight excluding hydrogens is 395 g/mol. The van der Waals surface area contributed by atoms with E-state index in [1.165, 1.54) is 0 Å². The normalized spacial score (nSPS) is 13.9. The number of nitrogens with zero attached hydrogens (tertiary/aromatic N) is 1. The summed E-state index contributed by atoms with van der Waals surface area (Å²) in [7, 11) is 0. The number of nitrogens with one attached hydrogen (secondary N) is 1. The molecule has 0 bridgehead atoms. The average molecular weight is 411 g/mol. The molecule has 140 valence electrons. The van der Waals surface area contributed by atoms with Gasteiger partial charge in [-0.15, -0.1) is 0 Å². The molecule has 2 amide bonds. The SMILES string of the molecule is O=C(Nc1cc(Cl)ccc1Cl)C(c1ccccc1)N1Cc2ccccc2C1=O. The number of carbonyl (C=O) groups is 2. The molecule has 1 N–H and O–H groups in total. The fourth-order valence-electron chi connectivity index (χ4n) is 3.39. The summed E-state index contributed by atoms with van der Waals surface area (Å²) in [6.45, 7) is 0.366. The number of fused-ring (bicyclic) bond motifs is 1. The minimum atomic E-state index is -0.795. The van der Waals surface area contributed by atoms with Crippen LogP contribution in [0.15, 0.2) is 72.8 Å². The van der Waals surface area contributed by atoms with E-state index in [0.29, 0.717) is 27.8 Å². The zero-order valence-corrected chi connectivity index (χ0v) is 16.2. The van der Waals surface area contributed by atoms with Gasteiger partial charge in [-0.2, -0.15) is 0 Å². The van der Waals surface area contributed by atoms with E-state index in [1.807, 2.05) is 48.5 Å². The highest BCUT2D eigenvalue weighted by Gasteiger charge is 2.37. The number of amides is 2. The Bertz CT molecular complexity index is 1050. The predicted octanol–water partition coefficient (Wildman–Crippen LogP) is 5.33. The van der Waals surface area contributed by atoms with E-state index in [2.05, 4.69) is 5.32 Å². The maximum atomic E-state index is 13.3. The summed E-state index contributed by atoms with van der Waals surface area (Å²) in [6.07, 6.45) is 0. The van der Waals surface area contributed by atoms with Crippen LogP contribution < -0.4 is 5.32 Å². The Kier molecular flexibility index (Phi) is 5.07. The summed E-state index contributed by atoms with van der Waals surface area (Å²) in [4.78, 5) is 27.8. The summed E-state index contributed by atoms with van der Waals surface area (Å²) in [6, 6.07) is 20.7. The van der Waals surface area contributed by atoms with E-state index in [9.17, 15) is 9.59 Å². The van der Waals surface area contributed by atoms with Crippen molar-refractivity contribution in [2.24, 2.45) is 0 Å². The van der Waals surface area contributed by atoms with Crippen LogP contribution in [0.4, 0.5) is 5.69 Å². The number of anilines is 1. The lowest BCUT2D eigenvalue weighted by Gasteiger charge is -2.27. The number of halogens is 2. The van der Waals surface area contributed by atoms with Crippen LogP contribution in [0.25, 0.3) is 0 Å². The van der Waals surface area contributed by atoms with Crippen molar-refractivity contribution in [2.45, 2.75) is 12.6 Å². The number of hydrogen-bond acceptors (Lipinski definition) is 2. The van der Waals surface area contributed by atoms with Crippen LogP contribution >= 0.6 is 23.2 Å². The third-order valence-corrected chi connectivity index (χ3v) is 5.28. The first kappa shape index (κ1) is 18.5. The first-order valence-electron chi connectivity index (χ1n) is 8.74. The van der Waals surface area contributed by atoms with Gasteiger partial charge in [-0.05, 0) is 35.4 Å². The Hall–Kier alpha value is -2.82. The quantitative estimate of drug-likeness (QED) is 0.631. The summed E-state index contributed by atoms with van der Waals surface area (Å²) in [5, 5.41) is 3.66. The second kappa shape index (κ2) is 7.66. The lowest BCUT2D eigenvalue weighted by molar-refractivity contribution is -0.120. The second-order valence-electron chi connectivity index (χ2n) is 6.52. The van der Waals surface area contributed by atoms with Crippen molar-refractivity contribution in [3.8, 4) is 0 Å². The first-order valence-corrected chi connectivity index (χ1v) is 9.50. The molecule has 1 unspecified atom stereocenters. The van der Waals surface area contributed by atoms with Crippen molar-refractivity contribution < 1.29 is 9.59 Å². The summed E-state index contributed by atoms with van der Waals surface area (Å²) in [5.74, 6) is -0.520. The van der Waals surface area contributed by atoms with Crippen molar-refractivity contribution in [1.29, 1.82) is 0 Å². The lowest BCUT2D eigenvalue weighted by Crippen LogP contribution is -2.37. The molecule has 1 atom stereocenters. The van der Waals surface area contributed by atoms with Crippen LogP contribution in [0.3, 0.4) is 0 Å². The van der Waals surface area contributed by atoms with E-state index >= 15 is 0 Å². The molecule has 0 spiro atoms. The summed E-state index contributed by atoms with van der Waals surface area (Å²) < 4.78 is 0. The molecule has 3 aromatic carbocycles. The topological polar surface area (TPSA) is 49.4 Å². The molecule has 0 aromatic heterocycles. The highest BCUT2D eigenvalue weighted by Crippen LogP contribution is 2.33. The molecule has 1 aliphatic heterocycles. The summed E-state index contributed by atoms with van der Waals surface area (Å²) in [5.41, 5.74) is 2.66. The van der Waals surface area contributed by atoms with Crippen LogP contribution in [0, 0.1) is 0 Å². The van der Waals surface area contributed by atoms with E-state index in [4.69, 9.17) is 23.2 Å². The van der Waals surface area contributed by atoms with Crippen LogP contribution in [0.1, 0.15) is 27.5 Å². The van der Waals surface area contributed by atoms with Crippen LogP contribution in [-0.4, -0.2) is 16.7 Å². The first-order chi connectivity index (χ1) is 13.5. The predicted molar refractivity (Wildman–Crippen MR) is 111 cm³/mol. The molecule has 6 heteroatoms. The molecule has 0 saturated carbocycles. The van der Waals surface area contributed by atoms with Crippen LogP contribution in [0.5, 0.6) is 0 Å². The average Bonchev–Trinajstić information content (AvgIpc) is 3.02. The Balaban J connectivity index is 1.70. The van der Waals surface area contributed by atoms with Gasteiger partial charge < -0.3 is 10.2 Å². The largest absolute Gasteiger partial charge is 0.323 e. The molecule has 4 nitrogen and oxygen atoms in total. The molecule has 0 aliphatic carbocycles. The fraction of sp³-hybridized carbons (Fsp3) is 0.0909. The third-order valence-electron chi connectivity index (χ3n) is 4.71. The van der Waals surface area contributed by atoms with Gasteiger partial charge >= 0.3 is 0 Å². The Morgan fingerprint density at radius 2 is 1.68 bits per heavy atom. The van der Waals surface area contributed by atoms with Crippen LogP contribution in [-0.2, 0) is 11.3 Å². The van der Waals surface area contributed by atoms with Crippen molar-refractivity contribution in [3.05, 3.63) is 99.5 Å². The van der Waals surface area contributed by atoms with Gasteiger partial charge in [0.2, 0.25) is 0 Å². The minimum Gasteiger partial charge on any atom is -0.323 e. The van der Waals surface area contributed by atoms with Gasteiger partial charge in [0.15, 0.2) is 0 Å². The highest BCUT2D eigenvalue weighted by molar-refractivity contribution is 6.35. The van der Waals surface area contributed by atoms with Crippen LogP contribution in [0.2, 0.25) is 10.0 Å². The molecule has 28 heavy (non-hydrogen) atoms. The van der Waals surface area contributed by atoms with Gasteiger partial charge in [-0.1, -0.05) is 71.7 Å². The molecular formula is C22H16Cl2N2O2. The fourth-order valence-corrected chi connectivity index (χ4v) is 3.72. The Labute approximate surface area is 172 Å². The van der Waals surface area contributed by atoms with E-state index < -0.39 is 6.04 Å². The molecule has 0 radical (unpaired) electrons. The van der Waals surface area contributed by atoms with Gasteiger partial charge in [0.25, 0.3) is 11.8 Å². The van der Waals surface area contributed by atoms with E-state index in [-0.39, 0.29) is 11.8 Å².